The lowest BCUT2D eigenvalue weighted by molar-refractivity contribution is 0.0760. The number of nitrogens with one attached hydrogen (secondary N) is 1. The molecule has 1 saturated heterocycles. The number of aliphatic imine (C=N–C) groups is 1. The van der Waals surface area contributed by atoms with Crippen LogP contribution in [-0.2, 0) is 6.54 Å². The Hall–Kier alpha value is -4.21. The third-order valence-electron chi connectivity index (χ3n) is 8.17. The standard InChI is InChI=1S/C32H29ClF2N6O.CH4/c1-32(40(2)3)13-14-41(18-32)30(42)19-7-10-22(11-8-19)38-31-37-17-20-16-36-29(27-25(34)5-4-6-26(27)35)24-15-21(33)9-12-23(24)28(20)39-31;/h4-12,15,17H,13-14,16,18H2,1-3H3,(H,37,38,39);1H4. The molecule has 1 amide bonds. The molecule has 0 saturated carbocycles. The Morgan fingerprint density at radius 2 is 1.77 bits per heavy atom. The lowest BCUT2D eigenvalue weighted by Gasteiger charge is -2.32. The Kier molecular flexibility index (Phi) is 8.31. The van der Waals surface area contributed by atoms with Crippen LogP contribution in [0.4, 0.5) is 20.4 Å². The summed E-state index contributed by atoms with van der Waals surface area (Å²) in [6.45, 7) is 3.71. The van der Waals surface area contributed by atoms with Crippen LogP contribution in [0.15, 0.2) is 71.9 Å². The number of carbonyl (C=O) groups excluding carboxylic acids is 1. The van der Waals surface area contributed by atoms with Crippen molar-refractivity contribution < 1.29 is 13.6 Å². The molecule has 7 nitrogen and oxygen atoms in total. The zero-order valence-corrected chi connectivity index (χ0v) is 24.2. The Bertz CT molecular complexity index is 1710. The molecular weight excluding hydrogens is 570 g/mol. The van der Waals surface area contributed by atoms with Gasteiger partial charge < -0.3 is 15.1 Å². The van der Waals surface area contributed by atoms with E-state index in [2.05, 4.69) is 27.1 Å². The van der Waals surface area contributed by atoms with Crippen LogP contribution >= 0.6 is 11.6 Å². The Labute approximate surface area is 255 Å². The van der Waals surface area contributed by atoms with E-state index in [1.165, 1.54) is 18.2 Å². The Balaban J connectivity index is 0.00000368. The van der Waals surface area contributed by atoms with E-state index in [-0.39, 0.29) is 36.7 Å². The third-order valence-corrected chi connectivity index (χ3v) is 8.41. The van der Waals surface area contributed by atoms with Gasteiger partial charge in [0, 0.05) is 57.8 Å². The van der Waals surface area contributed by atoms with Gasteiger partial charge in [0.2, 0.25) is 5.95 Å². The van der Waals surface area contributed by atoms with E-state index in [9.17, 15) is 13.6 Å². The van der Waals surface area contributed by atoms with Gasteiger partial charge in [-0.1, -0.05) is 31.2 Å². The maximum atomic E-state index is 14.8. The third kappa shape index (κ3) is 5.75. The van der Waals surface area contributed by atoms with Crippen molar-refractivity contribution in [3.05, 3.63) is 106 Å². The summed E-state index contributed by atoms with van der Waals surface area (Å²) in [5.74, 6) is -1.09. The van der Waals surface area contributed by atoms with Crippen LogP contribution < -0.4 is 5.32 Å². The summed E-state index contributed by atoms with van der Waals surface area (Å²) in [6, 6.07) is 16.1. The molecule has 1 unspecified atom stereocenters. The van der Waals surface area contributed by atoms with E-state index in [1.54, 1.807) is 36.5 Å². The van der Waals surface area contributed by atoms with Gasteiger partial charge in [-0.2, -0.15) is 0 Å². The SMILES string of the molecule is C.CN(C)C1(C)CCN(C(=O)c2ccc(Nc3ncc4c(n3)-c3ccc(Cl)cc3C(c3c(F)cccc3F)=NC4)cc2)C1. The number of likely N-dealkylation sites (tertiary alicyclic amines) is 1. The number of halogens is 3. The van der Waals surface area contributed by atoms with E-state index in [0.29, 0.717) is 51.2 Å². The molecule has 0 spiro atoms. The number of likely N-dealkylation sites (N-methyl/N-ethyl adjacent to an activating group) is 1. The summed E-state index contributed by atoms with van der Waals surface area (Å²) in [5.41, 5.74) is 3.64. The van der Waals surface area contributed by atoms with Crippen LogP contribution in [0, 0.1) is 11.6 Å². The van der Waals surface area contributed by atoms with Crippen LogP contribution in [0.25, 0.3) is 11.3 Å². The monoisotopic (exact) mass is 602 g/mol. The summed E-state index contributed by atoms with van der Waals surface area (Å²) in [7, 11) is 4.09. The average molecular weight is 603 g/mol. The fourth-order valence-electron chi connectivity index (χ4n) is 5.41. The molecule has 1 atom stereocenters. The van der Waals surface area contributed by atoms with Crippen molar-refractivity contribution in [1.82, 2.24) is 19.8 Å². The van der Waals surface area contributed by atoms with Gasteiger partial charge in [-0.15, -0.1) is 0 Å². The molecule has 3 heterocycles. The second-order valence-corrected chi connectivity index (χ2v) is 11.5. The van der Waals surface area contributed by atoms with Gasteiger partial charge in [0.1, 0.15) is 11.6 Å². The van der Waals surface area contributed by atoms with Crippen LogP contribution in [0.5, 0.6) is 0 Å². The van der Waals surface area contributed by atoms with Gasteiger partial charge in [0.05, 0.1) is 23.5 Å². The number of amides is 1. The van der Waals surface area contributed by atoms with Crippen molar-refractivity contribution in [2.24, 2.45) is 4.99 Å². The largest absolute Gasteiger partial charge is 0.337 e. The molecule has 0 radical (unpaired) electrons. The van der Waals surface area contributed by atoms with Gasteiger partial charge in [-0.3, -0.25) is 9.79 Å². The topological polar surface area (TPSA) is 73.7 Å². The minimum Gasteiger partial charge on any atom is -0.337 e. The first-order valence-corrected chi connectivity index (χ1v) is 14.0. The first-order valence-electron chi connectivity index (χ1n) is 13.6. The van der Waals surface area contributed by atoms with E-state index >= 15 is 0 Å². The van der Waals surface area contributed by atoms with Crippen molar-refractivity contribution in [2.75, 3.05) is 32.5 Å². The molecule has 4 aromatic rings. The average Bonchev–Trinajstić information content (AvgIpc) is 3.31. The molecule has 2 aliphatic rings. The predicted octanol–water partition coefficient (Wildman–Crippen LogP) is 6.97. The van der Waals surface area contributed by atoms with Gasteiger partial charge >= 0.3 is 0 Å². The first kappa shape index (κ1) is 30.3. The van der Waals surface area contributed by atoms with E-state index in [4.69, 9.17) is 16.6 Å². The lowest BCUT2D eigenvalue weighted by atomic mass is 9.95. The van der Waals surface area contributed by atoms with Crippen molar-refractivity contribution in [2.45, 2.75) is 32.9 Å². The molecule has 1 aromatic heterocycles. The molecule has 222 valence electrons. The minimum absolute atomic E-state index is 0. The highest BCUT2D eigenvalue weighted by Crippen LogP contribution is 2.35. The smallest absolute Gasteiger partial charge is 0.253 e. The quantitative estimate of drug-likeness (QED) is 0.267. The van der Waals surface area contributed by atoms with Gasteiger partial charge in [-0.25, -0.2) is 18.7 Å². The molecule has 0 aliphatic carbocycles. The van der Waals surface area contributed by atoms with Crippen LogP contribution in [0.2, 0.25) is 5.02 Å². The van der Waals surface area contributed by atoms with Crippen molar-refractivity contribution in [1.29, 1.82) is 0 Å². The van der Waals surface area contributed by atoms with Gasteiger partial charge in [0.15, 0.2) is 0 Å². The van der Waals surface area contributed by atoms with Crippen LogP contribution in [0.1, 0.15) is 47.8 Å². The van der Waals surface area contributed by atoms with E-state index in [0.717, 1.165) is 13.0 Å². The molecule has 2 aliphatic heterocycles. The highest BCUT2D eigenvalue weighted by atomic mass is 35.5. The van der Waals surface area contributed by atoms with Crippen LogP contribution in [-0.4, -0.2) is 64.1 Å². The fourth-order valence-corrected chi connectivity index (χ4v) is 5.59. The number of hydrogen-bond donors (Lipinski definition) is 1. The second-order valence-electron chi connectivity index (χ2n) is 11.1. The number of benzene rings is 3. The second kappa shape index (κ2) is 11.8. The Morgan fingerprint density at radius 1 is 1.05 bits per heavy atom. The zero-order valence-electron chi connectivity index (χ0n) is 23.5. The minimum atomic E-state index is -0.711. The number of nitrogens with zero attached hydrogens (tertiary/aromatic N) is 5. The lowest BCUT2D eigenvalue weighted by Crippen LogP contribution is -2.44. The number of aromatic nitrogens is 2. The van der Waals surface area contributed by atoms with Crippen molar-refractivity contribution in [3.8, 4) is 11.3 Å². The van der Waals surface area contributed by atoms with E-state index < -0.39 is 11.6 Å². The van der Waals surface area contributed by atoms with E-state index in [1.807, 2.05) is 31.1 Å². The Morgan fingerprint density at radius 3 is 2.44 bits per heavy atom. The molecule has 1 fully saturated rings. The molecule has 10 heteroatoms. The molecule has 1 N–H and O–H groups in total. The van der Waals surface area contributed by atoms with Gasteiger partial charge in [0.25, 0.3) is 5.91 Å². The number of fused-ring (bicyclic) bond motifs is 3. The highest BCUT2D eigenvalue weighted by molar-refractivity contribution is 6.31. The maximum Gasteiger partial charge on any atom is 0.253 e. The predicted molar refractivity (Wildman–Crippen MR) is 167 cm³/mol. The molecule has 3 aromatic carbocycles. The molecule has 0 bridgehead atoms. The summed E-state index contributed by atoms with van der Waals surface area (Å²) < 4.78 is 29.6. The first-order chi connectivity index (χ1) is 20.1. The number of hydrogen-bond acceptors (Lipinski definition) is 6. The van der Waals surface area contributed by atoms with Gasteiger partial charge in [-0.05, 0) is 76.0 Å². The zero-order chi connectivity index (χ0) is 29.6. The number of rotatable bonds is 5. The normalized spacial score (nSPS) is 17.5. The number of anilines is 2. The fraction of sp³-hybridized carbons (Fsp3) is 0.273. The van der Waals surface area contributed by atoms with Crippen LogP contribution in [0.3, 0.4) is 0 Å². The summed E-state index contributed by atoms with van der Waals surface area (Å²) >= 11 is 6.32. The molecule has 6 rings (SSSR count). The summed E-state index contributed by atoms with van der Waals surface area (Å²) in [6.07, 6.45) is 2.58. The molecule has 43 heavy (non-hydrogen) atoms. The maximum absolute atomic E-state index is 14.8. The van der Waals surface area contributed by atoms with Crippen molar-refractivity contribution >= 4 is 34.9 Å². The highest BCUT2D eigenvalue weighted by Gasteiger charge is 2.37. The molecular formula is C33H33ClF2N6O. The summed E-state index contributed by atoms with van der Waals surface area (Å²) in [4.78, 5) is 31.0. The number of carbonyl (C=O) groups is 1. The van der Waals surface area contributed by atoms with Crippen molar-refractivity contribution in [3.63, 3.8) is 0 Å². The summed E-state index contributed by atoms with van der Waals surface area (Å²) in [5, 5.41) is 3.61.